The first kappa shape index (κ1) is 19.7. The largest absolute Gasteiger partial charge is 0.383 e. The molecule has 1 heterocycles. The molecule has 1 aliphatic heterocycles. The lowest BCUT2D eigenvalue weighted by molar-refractivity contribution is 0.0905. The molecule has 0 fully saturated rings. The highest BCUT2D eigenvalue weighted by Gasteiger charge is 2.32. The highest BCUT2D eigenvalue weighted by molar-refractivity contribution is 7.93. The fourth-order valence-corrected chi connectivity index (χ4v) is 5.12. The van der Waals surface area contributed by atoms with Gasteiger partial charge in [0.15, 0.2) is 0 Å². The number of nitrogens with zero attached hydrogens (tertiary/aromatic N) is 1. The Morgan fingerprint density at radius 2 is 2.04 bits per heavy atom. The summed E-state index contributed by atoms with van der Waals surface area (Å²) in [6.45, 7) is 2.50. The fourth-order valence-electron chi connectivity index (χ4n) is 3.12. The maximum Gasteiger partial charge on any atom is 0.265 e. The van der Waals surface area contributed by atoms with Crippen molar-refractivity contribution in [2.45, 2.75) is 24.3 Å². The van der Waals surface area contributed by atoms with E-state index < -0.39 is 10.0 Å². The zero-order valence-corrected chi connectivity index (χ0v) is 16.7. The summed E-state index contributed by atoms with van der Waals surface area (Å²) in [5, 5.41) is 2.85. The molecule has 2 aromatic rings. The number of carbonyl (C=O) groups is 1. The molecule has 0 bridgehead atoms. The smallest absolute Gasteiger partial charge is 0.265 e. The van der Waals surface area contributed by atoms with Crippen LogP contribution in [0.5, 0.6) is 0 Å². The normalized spacial score (nSPS) is 14.7. The van der Waals surface area contributed by atoms with Crippen molar-refractivity contribution in [2.75, 3.05) is 24.6 Å². The van der Waals surface area contributed by atoms with Crippen LogP contribution in [0.1, 0.15) is 22.8 Å². The van der Waals surface area contributed by atoms with Gasteiger partial charge < -0.3 is 10.1 Å². The van der Waals surface area contributed by atoms with Crippen molar-refractivity contribution < 1.29 is 17.9 Å². The van der Waals surface area contributed by atoms with Crippen LogP contribution in [0.15, 0.2) is 47.4 Å². The lowest BCUT2D eigenvalue weighted by Crippen LogP contribution is -2.36. The number of rotatable bonds is 6. The van der Waals surface area contributed by atoms with Gasteiger partial charge in [-0.3, -0.25) is 9.10 Å². The number of fused-ring (bicyclic) bond motifs is 1. The number of nitrogens with one attached hydrogen (secondary N) is 1. The summed E-state index contributed by atoms with van der Waals surface area (Å²) in [5.41, 5.74) is 1.85. The Labute approximate surface area is 164 Å². The van der Waals surface area contributed by atoms with Gasteiger partial charge in [-0.25, -0.2) is 8.42 Å². The molecule has 0 aliphatic carbocycles. The molecule has 0 unspecified atom stereocenters. The van der Waals surface area contributed by atoms with Crippen molar-refractivity contribution >= 4 is 33.2 Å². The molecule has 1 amide bonds. The number of hydrogen-bond acceptors (Lipinski definition) is 4. The Balaban J connectivity index is 1.94. The number of methoxy groups -OCH3 is 1. The summed E-state index contributed by atoms with van der Waals surface area (Å²) in [7, 11) is -2.34. The van der Waals surface area contributed by atoms with Gasteiger partial charge in [0, 0.05) is 25.3 Å². The zero-order chi connectivity index (χ0) is 19.6. The average molecular weight is 409 g/mol. The number of sulfonamides is 1. The number of benzene rings is 2. The van der Waals surface area contributed by atoms with Crippen LogP contribution < -0.4 is 9.62 Å². The van der Waals surface area contributed by atoms with Crippen molar-refractivity contribution in [3.63, 3.8) is 0 Å². The lowest BCUT2D eigenvalue weighted by Gasteiger charge is -2.21. The fraction of sp³-hybridized carbons (Fsp3) is 0.316. The van der Waals surface area contributed by atoms with Gasteiger partial charge in [-0.1, -0.05) is 29.8 Å². The zero-order valence-electron chi connectivity index (χ0n) is 15.1. The van der Waals surface area contributed by atoms with E-state index in [9.17, 15) is 13.2 Å². The summed E-state index contributed by atoms with van der Waals surface area (Å²) < 4.78 is 32.8. The maximum atomic E-state index is 13.2. The first-order chi connectivity index (χ1) is 12.8. The van der Waals surface area contributed by atoms with E-state index >= 15 is 0 Å². The van der Waals surface area contributed by atoms with Crippen LogP contribution >= 0.6 is 11.6 Å². The van der Waals surface area contributed by atoms with Crippen molar-refractivity contribution in [1.29, 1.82) is 0 Å². The third-order valence-electron chi connectivity index (χ3n) is 4.40. The number of amides is 1. The number of carbonyl (C=O) groups excluding carboxylic acids is 1. The molecule has 8 heteroatoms. The first-order valence-electron chi connectivity index (χ1n) is 8.54. The molecule has 6 nitrogen and oxygen atoms in total. The standard InChI is InChI=1S/C19H21ClN2O4S/c1-13(12-26-2)21-19(23)15-7-8-16(20)18(11-15)27(24,25)22-10-9-14-5-3-4-6-17(14)22/h3-8,11,13H,9-10,12H2,1-2H3,(H,21,23)/t13-/m1/s1. The van der Waals surface area contributed by atoms with E-state index in [1.807, 2.05) is 12.1 Å². The van der Waals surface area contributed by atoms with Gasteiger partial charge in [0.1, 0.15) is 4.90 Å². The summed E-state index contributed by atoms with van der Waals surface area (Å²) >= 11 is 6.19. The SMILES string of the molecule is COC[C@@H](C)NC(=O)c1ccc(Cl)c(S(=O)(=O)N2CCc3ccccc32)c1. The minimum atomic E-state index is -3.88. The predicted molar refractivity (Wildman–Crippen MR) is 105 cm³/mol. The molecule has 0 saturated carbocycles. The van der Waals surface area contributed by atoms with E-state index in [4.69, 9.17) is 16.3 Å². The number of halogens is 1. The number of hydrogen-bond donors (Lipinski definition) is 1. The van der Waals surface area contributed by atoms with Crippen LogP contribution in [0.3, 0.4) is 0 Å². The Kier molecular flexibility index (Phi) is 5.74. The van der Waals surface area contributed by atoms with Crippen LogP contribution in [0.25, 0.3) is 0 Å². The Hall–Kier alpha value is -2.09. The summed E-state index contributed by atoms with van der Waals surface area (Å²) in [5.74, 6) is -0.380. The van der Waals surface area contributed by atoms with E-state index in [0.717, 1.165) is 5.56 Å². The van der Waals surface area contributed by atoms with Crippen LogP contribution in [0, 0.1) is 0 Å². The van der Waals surface area contributed by atoms with E-state index in [-0.39, 0.29) is 27.4 Å². The Morgan fingerprint density at radius 1 is 1.30 bits per heavy atom. The lowest BCUT2D eigenvalue weighted by atomic mass is 10.2. The summed E-state index contributed by atoms with van der Waals surface area (Å²) in [6, 6.07) is 11.4. The van der Waals surface area contributed by atoms with E-state index in [1.165, 1.54) is 22.5 Å². The van der Waals surface area contributed by atoms with Gasteiger partial charge in [-0.2, -0.15) is 0 Å². The molecular weight excluding hydrogens is 388 g/mol. The molecule has 0 saturated heterocycles. The van der Waals surface area contributed by atoms with Gasteiger partial charge in [-0.15, -0.1) is 0 Å². The van der Waals surface area contributed by atoms with Gasteiger partial charge in [0.05, 0.1) is 17.3 Å². The average Bonchev–Trinajstić information content (AvgIpc) is 3.07. The van der Waals surface area contributed by atoms with Crippen molar-refractivity contribution in [2.24, 2.45) is 0 Å². The third-order valence-corrected chi connectivity index (χ3v) is 6.69. The van der Waals surface area contributed by atoms with Crippen molar-refractivity contribution in [1.82, 2.24) is 5.32 Å². The predicted octanol–water partition coefficient (Wildman–Crippen LogP) is 2.86. The maximum absolute atomic E-state index is 13.2. The molecular formula is C19H21ClN2O4S. The minimum Gasteiger partial charge on any atom is -0.383 e. The minimum absolute atomic E-state index is 0.0760. The highest BCUT2D eigenvalue weighted by atomic mass is 35.5. The molecule has 0 aromatic heterocycles. The van der Waals surface area contributed by atoms with E-state index in [1.54, 1.807) is 26.2 Å². The monoisotopic (exact) mass is 408 g/mol. The molecule has 1 aliphatic rings. The second-order valence-electron chi connectivity index (χ2n) is 6.43. The first-order valence-corrected chi connectivity index (χ1v) is 10.4. The number of ether oxygens (including phenoxy) is 1. The molecule has 0 spiro atoms. The topological polar surface area (TPSA) is 75.7 Å². The Bertz CT molecular complexity index is 962. The van der Waals surface area contributed by atoms with Crippen LogP contribution in [0.4, 0.5) is 5.69 Å². The molecule has 1 N–H and O–H groups in total. The molecule has 144 valence electrons. The van der Waals surface area contributed by atoms with Gasteiger partial charge in [-0.05, 0) is 43.2 Å². The third kappa shape index (κ3) is 3.95. The second-order valence-corrected chi connectivity index (χ2v) is 8.67. The van der Waals surface area contributed by atoms with Crippen molar-refractivity contribution in [3.8, 4) is 0 Å². The van der Waals surface area contributed by atoms with Gasteiger partial charge in [0.2, 0.25) is 0 Å². The molecule has 1 atom stereocenters. The molecule has 27 heavy (non-hydrogen) atoms. The second kappa shape index (κ2) is 7.88. The summed E-state index contributed by atoms with van der Waals surface area (Å²) in [4.78, 5) is 12.3. The van der Waals surface area contributed by atoms with E-state index in [2.05, 4.69) is 5.32 Å². The number of anilines is 1. The Morgan fingerprint density at radius 3 is 2.78 bits per heavy atom. The number of para-hydroxylation sites is 1. The quantitative estimate of drug-likeness (QED) is 0.797. The van der Waals surface area contributed by atoms with Crippen LogP contribution in [-0.2, 0) is 21.2 Å². The van der Waals surface area contributed by atoms with E-state index in [0.29, 0.717) is 25.3 Å². The van der Waals surface area contributed by atoms with Gasteiger partial charge in [0.25, 0.3) is 15.9 Å². The summed E-state index contributed by atoms with van der Waals surface area (Å²) in [6.07, 6.45) is 0.641. The molecule has 2 aromatic carbocycles. The van der Waals surface area contributed by atoms with Crippen LogP contribution in [0.2, 0.25) is 5.02 Å². The van der Waals surface area contributed by atoms with Gasteiger partial charge >= 0.3 is 0 Å². The molecule has 0 radical (unpaired) electrons. The highest BCUT2D eigenvalue weighted by Crippen LogP contribution is 2.35. The molecule has 3 rings (SSSR count). The van der Waals surface area contributed by atoms with Crippen molar-refractivity contribution in [3.05, 3.63) is 58.6 Å². The van der Waals surface area contributed by atoms with Crippen LogP contribution in [-0.4, -0.2) is 40.6 Å².